The number of halogens is 1. The molecule has 4 rings (SSSR count). The normalized spacial score (nSPS) is 32.9. The molecule has 0 saturated carbocycles. The Kier molecular flexibility index (Phi) is 3.33. The summed E-state index contributed by atoms with van der Waals surface area (Å²) >= 11 is 6.41. The molecule has 1 aromatic heterocycles. The SMILES string of the molecule is ClC1CC2CCC(C1)N2c1ncnc2c1CCCCC2. The van der Waals surface area contributed by atoms with Gasteiger partial charge in [-0.15, -0.1) is 11.6 Å². The van der Waals surface area contributed by atoms with Crippen molar-refractivity contribution in [2.45, 2.75) is 75.2 Å². The van der Waals surface area contributed by atoms with Gasteiger partial charge in [-0.1, -0.05) is 6.42 Å². The number of nitrogens with zero attached hydrogens (tertiary/aromatic N) is 3. The zero-order valence-electron chi connectivity index (χ0n) is 11.9. The Morgan fingerprint density at radius 2 is 1.75 bits per heavy atom. The molecular formula is C16H22ClN3. The largest absolute Gasteiger partial charge is 0.350 e. The highest BCUT2D eigenvalue weighted by Gasteiger charge is 2.41. The van der Waals surface area contributed by atoms with E-state index in [0.717, 1.165) is 25.7 Å². The summed E-state index contributed by atoms with van der Waals surface area (Å²) in [5.41, 5.74) is 2.75. The fraction of sp³-hybridized carbons (Fsp3) is 0.750. The van der Waals surface area contributed by atoms with Crippen LogP contribution >= 0.6 is 11.6 Å². The summed E-state index contributed by atoms with van der Waals surface area (Å²) in [6.07, 6.45) is 12.8. The van der Waals surface area contributed by atoms with Gasteiger partial charge in [-0.3, -0.25) is 0 Å². The van der Waals surface area contributed by atoms with Crippen molar-refractivity contribution in [2.24, 2.45) is 0 Å². The molecule has 3 heterocycles. The maximum absolute atomic E-state index is 6.41. The first kappa shape index (κ1) is 12.9. The first-order chi connectivity index (χ1) is 9.83. The van der Waals surface area contributed by atoms with E-state index in [2.05, 4.69) is 9.88 Å². The molecule has 2 atom stereocenters. The number of fused-ring (bicyclic) bond motifs is 3. The quantitative estimate of drug-likeness (QED) is 0.586. The van der Waals surface area contributed by atoms with Gasteiger partial charge in [-0.05, 0) is 51.4 Å². The van der Waals surface area contributed by atoms with Gasteiger partial charge in [0.2, 0.25) is 0 Å². The molecule has 1 aliphatic carbocycles. The summed E-state index contributed by atoms with van der Waals surface area (Å²) in [6.45, 7) is 0. The molecule has 2 bridgehead atoms. The molecule has 4 heteroatoms. The molecule has 20 heavy (non-hydrogen) atoms. The molecule has 0 N–H and O–H groups in total. The second-order valence-corrected chi connectivity index (χ2v) is 7.16. The first-order valence-electron chi connectivity index (χ1n) is 8.08. The molecule has 2 unspecified atom stereocenters. The number of alkyl halides is 1. The summed E-state index contributed by atoms with van der Waals surface area (Å²) in [6, 6.07) is 1.22. The molecule has 108 valence electrons. The summed E-state index contributed by atoms with van der Waals surface area (Å²) in [7, 11) is 0. The molecule has 2 fully saturated rings. The standard InChI is InChI=1S/C16H22ClN3/c17-11-8-12-6-7-13(9-11)20(12)16-14-4-2-1-3-5-15(14)18-10-19-16/h10-13H,1-9H2. The zero-order chi connectivity index (χ0) is 13.5. The molecule has 3 nitrogen and oxygen atoms in total. The monoisotopic (exact) mass is 291 g/mol. The number of anilines is 1. The van der Waals surface area contributed by atoms with Gasteiger partial charge in [0.1, 0.15) is 12.1 Å². The van der Waals surface area contributed by atoms with Crippen molar-refractivity contribution in [3.8, 4) is 0 Å². The Morgan fingerprint density at radius 1 is 1.00 bits per heavy atom. The van der Waals surface area contributed by atoms with Crippen LogP contribution in [0.2, 0.25) is 0 Å². The number of rotatable bonds is 1. The molecule has 1 aromatic rings. The minimum absolute atomic E-state index is 0.365. The number of hydrogen-bond donors (Lipinski definition) is 0. The molecule has 2 aliphatic heterocycles. The highest BCUT2D eigenvalue weighted by Crippen LogP contribution is 2.42. The average Bonchev–Trinajstić information content (AvgIpc) is 2.65. The minimum Gasteiger partial charge on any atom is -0.350 e. The van der Waals surface area contributed by atoms with Crippen LogP contribution in [-0.4, -0.2) is 27.4 Å². The maximum atomic E-state index is 6.41. The van der Waals surface area contributed by atoms with E-state index in [1.165, 1.54) is 49.2 Å². The third-order valence-corrected chi connectivity index (χ3v) is 5.63. The molecule has 2 saturated heterocycles. The van der Waals surface area contributed by atoms with Gasteiger partial charge in [0.25, 0.3) is 0 Å². The molecule has 0 radical (unpaired) electrons. The summed E-state index contributed by atoms with van der Waals surface area (Å²) < 4.78 is 0. The third-order valence-electron chi connectivity index (χ3n) is 5.27. The van der Waals surface area contributed by atoms with Gasteiger partial charge in [-0.2, -0.15) is 0 Å². The van der Waals surface area contributed by atoms with Crippen molar-refractivity contribution in [2.75, 3.05) is 4.90 Å². The van der Waals surface area contributed by atoms with Crippen LogP contribution in [0.5, 0.6) is 0 Å². The van der Waals surface area contributed by atoms with E-state index in [9.17, 15) is 0 Å². The number of hydrogen-bond acceptors (Lipinski definition) is 3. The molecule has 0 aromatic carbocycles. The van der Waals surface area contributed by atoms with Crippen LogP contribution in [0.15, 0.2) is 6.33 Å². The predicted octanol–water partition coefficient (Wildman–Crippen LogP) is 3.48. The summed E-state index contributed by atoms with van der Waals surface area (Å²) in [5, 5.41) is 0.365. The van der Waals surface area contributed by atoms with E-state index in [0.29, 0.717) is 17.5 Å². The highest BCUT2D eigenvalue weighted by atomic mass is 35.5. The summed E-state index contributed by atoms with van der Waals surface area (Å²) in [4.78, 5) is 11.9. The molecule has 0 amide bonds. The van der Waals surface area contributed by atoms with Crippen LogP contribution in [-0.2, 0) is 12.8 Å². The van der Waals surface area contributed by atoms with Gasteiger partial charge in [0.15, 0.2) is 0 Å². The Hall–Kier alpha value is -0.830. The number of piperidine rings is 1. The number of aryl methyl sites for hydroxylation is 1. The van der Waals surface area contributed by atoms with Crippen molar-refractivity contribution < 1.29 is 0 Å². The Balaban J connectivity index is 1.72. The lowest BCUT2D eigenvalue weighted by atomic mass is 10.00. The van der Waals surface area contributed by atoms with E-state index in [1.807, 2.05) is 0 Å². The van der Waals surface area contributed by atoms with Crippen molar-refractivity contribution in [3.63, 3.8) is 0 Å². The van der Waals surface area contributed by atoms with Gasteiger partial charge >= 0.3 is 0 Å². The van der Waals surface area contributed by atoms with E-state index in [4.69, 9.17) is 16.6 Å². The van der Waals surface area contributed by atoms with Crippen molar-refractivity contribution in [1.82, 2.24) is 9.97 Å². The minimum atomic E-state index is 0.365. The van der Waals surface area contributed by atoms with E-state index >= 15 is 0 Å². The van der Waals surface area contributed by atoms with Gasteiger partial charge in [0.05, 0.1) is 0 Å². The second-order valence-electron chi connectivity index (χ2n) is 6.54. The maximum Gasteiger partial charge on any atom is 0.135 e. The van der Waals surface area contributed by atoms with Gasteiger partial charge in [0, 0.05) is 28.7 Å². The third kappa shape index (κ3) is 2.11. The van der Waals surface area contributed by atoms with Crippen molar-refractivity contribution >= 4 is 17.4 Å². The molecule has 3 aliphatic rings. The second kappa shape index (κ2) is 5.18. The van der Waals surface area contributed by atoms with E-state index in [-0.39, 0.29) is 0 Å². The van der Waals surface area contributed by atoms with Crippen LogP contribution in [0.25, 0.3) is 0 Å². The van der Waals surface area contributed by atoms with E-state index in [1.54, 1.807) is 6.33 Å². The Bertz CT molecular complexity index is 490. The lowest BCUT2D eigenvalue weighted by Crippen LogP contribution is -2.44. The zero-order valence-corrected chi connectivity index (χ0v) is 12.6. The molecular weight excluding hydrogens is 270 g/mol. The Labute approximate surface area is 125 Å². The summed E-state index contributed by atoms with van der Waals surface area (Å²) in [5.74, 6) is 1.24. The van der Waals surface area contributed by atoms with Crippen molar-refractivity contribution in [3.05, 3.63) is 17.6 Å². The lowest BCUT2D eigenvalue weighted by Gasteiger charge is -2.39. The van der Waals surface area contributed by atoms with Gasteiger partial charge < -0.3 is 4.90 Å². The Morgan fingerprint density at radius 3 is 2.55 bits per heavy atom. The average molecular weight is 292 g/mol. The lowest BCUT2D eigenvalue weighted by molar-refractivity contribution is 0.468. The van der Waals surface area contributed by atoms with Crippen LogP contribution in [0.3, 0.4) is 0 Å². The molecule has 0 spiro atoms. The van der Waals surface area contributed by atoms with Crippen molar-refractivity contribution in [1.29, 1.82) is 0 Å². The van der Waals surface area contributed by atoms with Crippen LogP contribution in [0.4, 0.5) is 5.82 Å². The van der Waals surface area contributed by atoms with Crippen LogP contribution in [0, 0.1) is 0 Å². The van der Waals surface area contributed by atoms with Crippen LogP contribution in [0.1, 0.15) is 56.2 Å². The number of aromatic nitrogens is 2. The topological polar surface area (TPSA) is 29.0 Å². The fourth-order valence-electron chi connectivity index (χ4n) is 4.36. The highest BCUT2D eigenvalue weighted by molar-refractivity contribution is 6.20. The van der Waals surface area contributed by atoms with E-state index < -0.39 is 0 Å². The smallest absolute Gasteiger partial charge is 0.135 e. The predicted molar refractivity (Wildman–Crippen MR) is 81.5 cm³/mol. The fourth-order valence-corrected chi connectivity index (χ4v) is 4.77. The van der Waals surface area contributed by atoms with Gasteiger partial charge in [-0.25, -0.2) is 9.97 Å². The first-order valence-corrected chi connectivity index (χ1v) is 8.51. The van der Waals surface area contributed by atoms with Crippen LogP contribution < -0.4 is 4.90 Å².